The molecular formula is C35H47NO3. The van der Waals surface area contributed by atoms with Crippen molar-refractivity contribution in [1.29, 1.82) is 0 Å². The van der Waals surface area contributed by atoms with Gasteiger partial charge >= 0.3 is 0 Å². The minimum Gasteiger partial charge on any atom is -0.381 e. The predicted molar refractivity (Wildman–Crippen MR) is 157 cm³/mol. The van der Waals surface area contributed by atoms with Crippen molar-refractivity contribution in [2.24, 2.45) is 5.92 Å². The highest BCUT2D eigenvalue weighted by atomic mass is 16.5. The molecule has 3 aliphatic heterocycles. The van der Waals surface area contributed by atoms with E-state index in [2.05, 4.69) is 35.2 Å². The summed E-state index contributed by atoms with van der Waals surface area (Å²) in [6, 6.07) is 16.5. The Bertz CT molecular complexity index is 1080. The number of hydrogen-bond acceptors (Lipinski definition) is 4. The molecule has 4 nitrogen and oxygen atoms in total. The SMILES string of the molecule is O=C(CC[C@H]1CCc2cc([C@@H]3CCCN(C4CCOCC4)C3)ccc2C1)c1ccc(CC[C@@H]2CCCO2)cc1. The first kappa shape index (κ1) is 27.2. The summed E-state index contributed by atoms with van der Waals surface area (Å²) in [4.78, 5) is 15.7. The molecule has 39 heavy (non-hydrogen) atoms. The van der Waals surface area contributed by atoms with Crippen molar-refractivity contribution < 1.29 is 14.3 Å². The van der Waals surface area contributed by atoms with Gasteiger partial charge in [-0.05, 0) is 118 Å². The number of Topliss-reactive ketones (excluding diaryl/α,β-unsaturated/α-hetero) is 1. The number of ketones is 1. The maximum Gasteiger partial charge on any atom is 0.162 e. The second kappa shape index (κ2) is 13.1. The smallest absolute Gasteiger partial charge is 0.162 e. The van der Waals surface area contributed by atoms with Gasteiger partial charge in [-0.15, -0.1) is 0 Å². The van der Waals surface area contributed by atoms with Crippen molar-refractivity contribution in [3.63, 3.8) is 0 Å². The normalized spacial score (nSPS) is 26.4. The molecule has 0 spiro atoms. The van der Waals surface area contributed by atoms with Gasteiger partial charge in [-0.25, -0.2) is 0 Å². The van der Waals surface area contributed by atoms with Gasteiger partial charge in [0.25, 0.3) is 0 Å². The molecule has 0 unspecified atom stereocenters. The lowest BCUT2D eigenvalue weighted by atomic mass is 9.79. The predicted octanol–water partition coefficient (Wildman–Crippen LogP) is 6.92. The Morgan fingerprint density at radius 3 is 2.56 bits per heavy atom. The Balaban J connectivity index is 0.977. The number of ether oxygens (including phenoxy) is 2. The van der Waals surface area contributed by atoms with Crippen molar-refractivity contribution in [1.82, 2.24) is 4.90 Å². The molecule has 3 heterocycles. The molecule has 2 aromatic carbocycles. The van der Waals surface area contributed by atoms with Crippen molar-refractivity contribution in [2.75, 3.05) is 32.9 Å². The van der Waals surface area contributed by atoms with Crippen molar-refractivity contribution in [3.8, 4) is 0 Å². The Morgan fingerprint density at radius 1 is 0.872 bits per heavy atom. The monoisotopic (exact) mass is 529 g/mol. The largest absolute Gasteiger partial charge is 0.381 e. The highest BCUT2D eigenvalue weighted by Crippen LogP contribution is 2.34. The number of benzene rings is 2. The Morgan fingerprint density at radius 2 is 1.74 bits per heavy atom. The second-order valence-corrected chi connectivity index (χ2v) is 12.6. The second-order valence-electron chi connectivity index (χ2n) is 12.6. The average molecular weight is 530 g/mol. The molecule has 6 rings (SSSR count). The number of likely N-dealkylation sites (tertiary alicyclic amines) is 1. The van der Waals surface area contributed by atoms with Crippen LogP contribution in [0.2, 0.25) is 0 Å². The third-order valence-corrected chi connectivity index (χ3v) is 10.0. The molecule has 0 radical (unpaired) electrons. The topological polar surface area (TPSA) is 38.8 Å². The number of carbonyl (C=O) groups excluding carboxylic acids is 1. The maximum absolute atomic E-state index is 12.9. The molecule has 4 heteroatoms. The van der Waals surface area contributed by atoms with E-state index in [0.717, 1.165) is 63.5 Å². The lowest BCUT2D eigenvalue weighted by Gasteiger charge is -2.40. The summed E-state index contributed by atoms with van der Waals surface area (Å²) in [6.45, 7) is 5.25. The van der Waals surface area contributed by atoms with E-state index >= 15 is 0 Å². The number of piperidine rings is 1. The van der Waals surface area contributed by atoms with E-state index in [0.29, 0.717) is 30.1 Å². The van der Waals surface area contributed by atoms with Gasteiger partial charge in [0.05, 0.1) is 6.10 Å². The third-order valence-electron chi connectivity index (χ3n) is 10.0. The molecule has 2 aromatic rings. The van der Waals surface area contributed by atoms with Crippen molar-refractivity contribution >= 4 is 5.78 Å². The lowest BCUT2D eigenvalue weighted by molar-refractivity contribution is 0.0240. The maximum atomic E-state index is 12.9. The van der Waals surface area contributed by atoms with E-state index < -0.39 is 0 Å². The highest BCUT2D eigenvalue weighted by molar-refractivity contribution is 5.96. The zero-order valence-corrected chi connectivity index (χ0v) is 23.8. The summed E-state index contributed by atoms with van der Waals surface area (Å²) in [5.74, 6) is 1.59. The van der Waals surface area contributed by atoms with Crippen LogP contribution in [0.25, 0.3) is 0 Å². The van der Waals surface area contributed by atoms with Crippen LogP contribution >= 0.6 is 0 Å². The molecule has 210 valence electrons. The van der Waals surface area contributed by atoms with Crippen LogP contribution in [0.4, 0.5) is 0 Å². The Kier molecular flexibility index (Phi) is 9.13. The first-order chi connectivity index (χ1) is 19.2. The van der Waals surface area contributed by atoms with E-state index in [1.54, 1.807) is 11.1 Å². The van der Waals surface area contributed by atoms with Gasteiger partial charge in [-0.3, -0.25) is 9.69 Å². The average Bonchev–Trinajstić information content (AvgIpc) is 3.53. The Hall–Kier alpha value is -2.01. The third kappa shape index (κ3) is 7.01. The van der Waals surface area contributed by atoms with E-state index in [-0.39, 0.29) is 0 Å². The van der Waals surface area contributed by atoms with Crippen LogP contribution in [0.3, 0.4) is 0 Å². The van der Waals surface area contributed by atoms with Gasteiger partial charge in [-0.2, -0.15) is 0 Å². The van der Waals surface area contributed by atoms with Crippen LogP contribution in [0, 0.1) is 5.92 Å². The van der Waals surface area contributed by atoms with Crippen molar-refractivity contribution in [2.45, 2.75) is 102 Å². The minimum absolute atomic E-state index is 0.299. The first-order valence-corrected chi connectivity index (χ1v) is 15.9. The van der Waals surface area contributed by atoms with Crippen LogP contribution < -0.4 is 0 Å². The van der Waals surface area contributed by atoms with E-state index in [9.17, 15) is 4.79 Å². The quantitative estimate of drug-likeness (QED) is 0.330. The summed E-state index contributed by atoms with van der Waals surface area (Å²) < 4.78 is 11.4. The molecule has 3 fully saturated rings. The first-order valence-electron chi connectivity index (χ1n) is 15.9. The van der Waals surface area contributed by atoms with E-state index in [1.165, 1.54) is 69.2 Å². The number of hydrogen-bond donors (Lipinski definition) is 0. The number of rotatable bonds is 9. The molecule has 0 aromatic heterocycles. The van der Waals surface area contributed by atoms with Gasteiger partial charge < -0.3 is 9.47 Å². The van der Waals surface area contributed by atoms with Gasteiger partial charge in [0.15, 0.2) is 5.78 Å². The van der Waals surface area contributed by atoms with Crippen LogP contribution in [0.1, 0.15) is 103 Å². The van der Waals surface area contributed by atoms with E-state index in [4.69, 9.17) is 9.47 Å². The molecule has 3 atom stereocenters. The van der Waals surface area contributed by atoms with Gasteiger partial charge in [-0.1, -0.05) is 42.5 Å². The van der Waals surface area contributed by atoms with Crippen molar-refractivity contribution in [3.05, 3.63) is 70.3 Å². The number of nitrogens with zero attached hydrogens (tertiary/aromatic N) is 1. The van der Waals surface area contributed by atoms with Gasteiger partial charge in [0.1, 0.15) is 0 Å². The number of carbonyl (C=O) groups is 1. The fourth-order valence-electron chi connectivity index (χ4n) is 7.55. The van der Waals surface area contributed by atoms with E-state index in [1.807, 2.05) is 12.1 Å². The van der Waals surface area contributed by atoms with Gasteiger partial charge in [0, 0.05) is 44.4 Å². The molecule has 0 amide bonds. The molecule has 1 aliphatic carbocycles. The molecule has 4 aliphatic rings. The lowest BCUT2D eigenvalue weighted by Crippen LogP contribution is -2.44. The molecular weight excluding hydrogens is 482 g/mol. The minimum atomic E-state index is 0.299. The highest BCUT2D eigenvalue weighted by Gasteiger charge is 2.29. The molecule has 0 bridgehead atoms. The van der Waals surface area contributed by atoms with Gasteiger partial charge in [0.2, 0.25) is 0 Å². The fourth-order valence-corrected chi connectivity index (χ4v) is 7.55. The van der Waals surface area contributed by atoms with Crippen LogP contribution in [0.5, 0.6) is 0 Å². The number of fused-ring (bicyclic) bond motifs is 1. The summed E-state index contributed by atoms with van der Waals surface area (Å²) in [5.41, 5.74) is 6.83. The Labute approximate surface area is 235 Å². The zero-order valence-electron chi connectivity index (χ0n) is 23.8. The summed E-state index contributed by atoms with van der Waals surface area (Å²) in [7, 11) is 0. The van der Waals surface area contributed by atoms with Crippen LogP contribution in [-0.4, -0.2) is 55.7 Å². The fraction of sp³-hybridized carbons (Fsp3) is 0.629. The molecule has 0 saturated carbocycles. The molecule has 3 saturated heterocycles. The van der Waals surface area contributed by atoms with Crippen LogP contribution in [0.15, 0.2) is 42.5 Å². The summed E-state index contributed by atoms with van der Waals surface area (Å²) in [5, 5.41) is 0. The standard InChI is InChI=1S/C35H47NO3/c37-35(28-10-5-26(6-11-28)8-15-34-4-2-20-39-34)16-9-27-7-12-30-24-31(14-13-29(30)23-27)32-3-1-19-36(25-32)33-17-21-38-22-18-33/h5-6,10-11,13-14,24,27,32-34H,1-4,7-9,12,15-23,25H2/t27-,32-,34+/m1/s1. The van der Waals surface area contributed by atoms with Crippen LogP contribution in [-0.2, 0) is 28.7 Å². The molecule has 0 N–H and O–H groups in total. The summed E-state index contributed by atoms with van der Waals surface area (Å²) >= 11 is 0. The zero-order chi connectivity index (χ0) is 26.4. The number of aryl methyl sites for hydroxylation is 2. The summed E-state index contributed by atoms with van der Waals surface area (Å²) in [6.07, 6.45) is 15.1.